The SMILES string of the molecule is C[n+]1nc(-c2ccc(F)c(F)c2)c[n+]2c1NCC2. The fourth-order valence-electron chi connectivity index (χ4n) is 2.09. The summed E-state index contributed by atoms with van der Waals surface area (Å²) in [6, 6.07) is 3.80. The highest BCUT2D eigenvalue weighted by atomic mass is 19.2. The molecule has 0 aliphatic carbocycles. The van der Waals surface area contributed by atoms with Crippen molar-refractivity contribution in [1.82, 2.24) is 5.10 Å². The Bertz CT molecular complexity index is 628. The zero-order valence-electron chi connectivity index (χ0n) is 9.82. The molecular formula is C12H12F2N4+2. The van der Waals surface area contributed by atoms with Gasteiger partial charge in [0.2, 0.25) is 0 Å². The van der Waals surface area contributed by atoms with Crippen LogP contribution < -0.4 is 14.6 Å². The Hall–Kier alpha value is -2.11. The monoisotopic (exact) mass is 250 g/mol. The maximum Gasteiger partial charge on any atom is 0.547 e. The molecule has 0 fully saturated rings. The number of aryl methyl sites for hydroxylation is 1. The van der Waals surface area contributed by atoms with Gasteiger partial charge < -0.3 is 0 Å². The molecule has 92 valence electrons. The minimum Gasteiger partial charge on any atom is -0.204 e. The molecule has 0 saturated heterocycles. The second-order valence-corrected chi connectivity index (χ2v) is 4.21. The van der Waals surface area contributed by atoms with Crippen molar-refractivity contribution >= 4 is 5.95 Å². The van der Waals surface area contributed by atoms with Crippen molar-refractivity contribution in [3.05, 3.63) is 36.0 Å². The standard InChI is InChI=1S/C12H11F2N4/c1-17-12-15-4-5-18(12)7-11(16-17)8-2-3-9(13)10(14)6-8/h2-3,6-7H,4-5H2,1H3/q+1/p+1. The number of rotatable bonds is 1. The van der Waals surface area contributed by atoms with Gasteiger partial charge in [0, 0.05) is 5.56 Å². The Morgan fingerprint density at radius 1 is 1.28 bits per heavy atom. The minimum atomic E-state index is -0.861. The fourth-order valence-corrected chi connectivity index (χ4v) is 2.09. The second-order valence-electron chi connectivity index (χ2n) is 4.21. The van der Waals surface area contributed by atoms with Crippen molar-refractivity contribution in [3.63, 3.8) is 0 Å². The first-order chi connectivity index (χ1) is 8.65. The second kappa shape index (κ2) is 3.97. The number of halogens is 2. The zero-order valence-corrected chi connectivity index (χ0v) is 9.82. The maximum atomic E-state index is 13.2. The van der Waals surface area contributed by atoms with Gasteiger partial charge in [0.15, 0.2) is 36.6 Å². The summed E-state index contributed by atoms with van der Waals surface area (Å²) < 4.78 is 29.8. The van der Waals surface area contributed by atoms with Crippen LogP contribution in [-0.4, -0.2) is 11.6 Å². The number of nitrogens with zero attached hydrogens (tertiary/aromatic N) is 3. The maximum absolute atomic E-state index is 13.2. The first kappa shape index (κ1) is 11.0. The summed E-state index contributed by atoms with van der Waals surface area (Å²) >= 11 is 0. The number of nitrogens with one attached hydrogen (secondary N) is 1. The highest BCUT2D eigenvalue weighted by Gasteiger charge is 2.30. The molecule has 2 heterocycles. The molecule has 6 heteroatoms. The van der Waals surface area contributed by atoms with E-state index in [0.717, 1.165) is 31.2 Å². The molecule has 1 aromatic heterocycles. The smallest absolute Gasteiger partial charge is 0.204 e. The highest BCUT2D eigenvalue weighted by molar-refractivity contribution is 5.56. The van der Waals surface area contributed by atoms with E-state index in [1.165, 1.54) is 6.07 Å². The van der Waals surface area contributed by atoms with Gasteiger partial charge in [-0.2, -0.15) is 5.32 Å². The van der Waals surface area contributed by atoms with Crippen LogP contribution in [0.2, 0.25) is 0 Å². The number of fused-ring (bicyclic) bond motifs is 1. The third kappa shape index (κ3) is 1.70. The number of hydrogen-bond donors (Lipinski definition) is 1. The summed E-state index contributed by atoms with van der Waals surface area (Å²) in [6.07, 6.45) is 1.84. The normalized spacial score (nSPS) is 13.3. The van der Waals surface area contributed by atoms with Gasteiger partial charge >= 0.3 is 5.95 Å². The molecule has 3 rings (SSSR count). The van der Waals surface area contributed by atoms with Crippen LogP contribution in [0.4, 0.5) is 14.7 Å². The van der Waals surface area contributed by atoms with E-state index in [2.05, 4.69) is 10.4 Å². The molecule has 0 unspecified atom stereocenters. The van der Waals surface area contributed by atoms with E-state index < -0.39 is 11.6 Å². The van der Waals surface area contributed by atoms with Crippen LogP contribution in [0.5, 0.6) is 0 Å². The Morgan fingerprint density at radius 2 is 2.11 bits per heavy atom. The van der Waals surface area contributed by atoms with Gasteiger partial charge in [-0.15, -0.1) is 4.57 Å². The minimum absolute atomic E-state index is 0.562. The van der Waals surface area contributed by atoms with Gasteiger partial charge in [0.05, 0.1) is 0 Å². The molecule has 0 spiro atoms. The van der Waals surface area contributed by atoms with Crippen molar-refractivity contribution in [3.8, 4) is 11.3 Å². The van der Waals surface area contributed by atoms with Crippen molar-refractivity contribution in [2.45, 2.75) is 6.54 Å². The summed E-state index contributed by atoms with van der Waals surface area (Å²) in [5.41, 5.74) is 1.18. The van der Waals surface area contributed by atoms with E-state index >= 15 is 0 Å². The number of aromatic nitrogens is 3. The van der Waals surface area contributed by atoms with E-state index in [1.54, 1.807) is 4.68 Å². The van der Waals surface area contributed by atoms with Crippen LogP contribution in [0.1, 0.15) is 0 Å². The van der Waals surface area contributed by atoms with Gasteiger partial charge in [-0.05, 0) is 23.3 Å². The van der Waals surface area contributed by atoms with Gasteiger partial charge in [-0.3, -0.25) is 0 Å². The average molecular weight is 250 g/mol. The van der Waals surface area contributed by atoms with E-state index in [-0.39, 0.29) is 0 Å². The molecular weight excluding hydrogens is 238 g/mol. The Morgan fingerprint density at radius 3 is 2.89 bits per heavy atom. The molecule has 1 aliphatic rings. The molecule has 2 aromatic rings. The summed E-state index contributed by atoms with van der Waals surface area (Å²) in [5.74, 6) is -0.805. The van der Waals surface area contributed by atoms with Gasteiger partial charge in [0.25, 0.3) is 0 Å². The van der Waals surface area contributed by atoms with Crippen molar-refractivity contribution < 1.29 is 18.0 Å². The van der Waals surface area contributed by atoms with Gasteiger partial charge in [0.1, 0.15) is 7.05 Å². The molecule has 0 atom stereocenters. The van der Waals surface area contributed by atoms with Crippen LogP contribution in [0, 0.1) is 11.6 Å². The Labute approximate surface area is 103 Å². The van der Waals surface area contributed by atoms with Crippen LogP contribution in [-0.2, 0) is 13.6 Å². The molecule has 0 bridgehead atoms. The summed E-state index contributed by atoms with van der Waals surface area (Å²) in [7, 11) is 1.81. The highest BCUT2D eigenvalue weighted by Crippen LogP contribution is 2.18. The van der Waals surface area contributed by atoms with Gasteiger partial charge in [-0.1, -0.05) is 4.68 Å². The topological polar surface area (TPSA) is 32.7 Å². The molecule has 0 amide bonds. The lowest BCUT2D eigenvalue weighted by atomic mass is 10.1. The van der Waals surface area contributed by atoms with Crippen LogP contribution in [0.3, 0.4) is 0 Å². The summed E-state index contributed by atoms with van der Waals surface area (Å²) in [4.78, 5) is 0. The Kier molecular flexibility index (Phi) is 2.43. The predicted octanol–water partition coefficient (Wildman–Crippen LogP) is 0.564. The van der Waals surface area contributed by atoms with E-state index in [1.807, 2.05) is 17.8 Å². The molecule has 1 aliphatic heterocycles. The van der Waals surface area contributed by atoms with E-state index in [4.69, 9.17) is 0 Å². The fraction of sp³-hybridized carbons (Fsp3) is 0.250. The molecule has 1 N–H and O–H groups in total. The molecule has 0 radical (unpaired) electrons. The largest absolute Gasteiger partial charge is 0.547 e. The number of benzene rings is 1. The quantitative estimate of drug-likeness (QED) is 0.750. The third-order valence-corrected chi connectivity index (χ3v) is 2.97. The molecule has 18 heavy (non-hydrogen) atoms. The van der Waals surface area contributed by atoms with E-state index in [9.17, 15) is 8.78 Å². The van der Waals surface area contributed by atoms with Gasteiger partial charge in [-0.25, -0.2) is 8.78 Å². The molecule has 0 saturated carbocycles. The lowest BCUT2D eigenvalue weighted by Crippen LogP contribution is -2.47. The number of anilines is 1. The first-order valence-electron chi connectivity index (χ1n) is 5.65. The zero-order chi connectivity index (χ0) is 12.7. The van der Waals surface area contributed by atoms with Crippen LogP contribution in [0.25, 0.3) is 11.3 Å². The predicted molar refractivity (Wildman–Crippen MR) is 59.4 cm³/mol. The van der Waals surface area contributed by atoms with Crippen molar-refractivity contribution in [2.75, 3.05) is 11.9 Å². The molecule has 4 nitrogen and oxygen atoms in total. The summed E-state index contributed by atoms with van der Waals surface area (Å²) in [6.45, 7) is 1.68. The van der Waals surface area contributed by atoms with Crippen LogP contribution in [0.15, 0.2) is 24.4 Å². The van der Waals surface area contributed by atoms with Crippen molar-refractivity contribution in [2.24, 2.45) is 7.05 Å². The Balaban J connectivity index is 2.12. The van der Waals surface area contributed by atoms with Crippen molar-refractivity contribution in [1.29, 1.82) is 0 Å². The summed E-state index contributed by atoms with van der Waals surface area (Å²) in [5, 5.41) is 7.53. The van der Waals surface area contributed by atoms with Crippen LogP contribution >= 0.6 is 0 Å². The van der Waals surface area contributed by atoms with E-state index in [0.29, 0.717) is 11.3 Å². The number of hydrogen-bond acceptors (Lipinski definition) is 2. The molecule has 1 aromatic carbocycles. The third-order valence-electron chi connectivity index (χ3n) is 2.97. The lowest BCUT2D eigenvalue weighted by molar-refractivity contribution is -0.812. The average Bonchev–Trinajstić information content (AvgIpc) is 2.81. The lowest BCUT2D eigenvalue weighted by Gasteiger charge is -2.00. The first-order valence-corrected chi connectivity index (χ1v) is 5.65.